The van der Waals surface area contributed by atoms with E-state index in [2.05, 4.69) is 24.4 Å². The number of pyridine rings is 1. The van der Waals surface area contributed by atoms with Gasteiger partial charge in [0.05, 0.1) is 6.10 Å². The predicted octanol–water partition coefficient (Wildman–Crippen LogP) is 2.80. The quantitative estimate of drug-likeness (QED) is 0.883. The van der Waals surface area contributed by atoms with Crippen molar-refractivity contribution < 1.29 is 5.11 Å². The molecule has 4 rings (SSSR count). The summed E-state index contributed by atoms with van der Waals surface area (Å²) in [5.41, 5.74) is 4.01. The van der Waals surface area contributed by atoms with Crippen molar-refractivity contribution in [3.05, 3.63) is 29.1 Å². The summed E-state index contributed by atoms with van der Waals surface area (Å²) in [5, 5.41) is 13.6. The molecule has 0 amide bonds. The van der Waals surface area contributed by atoms with Gasteiger partial charge in [0, 0.05) is 23.3 Å². The van der Waals surface area contributed by atoms with Crippen LogP contribution in [0.3, 0.4) is 0 Å². The van der Waals surface area contributed by atoms with E-state index in [0.29, 0.717) is 6.42 Å². The molecule has 1 saturated heterocycles. The smallest absolute Gasteiger partial charge is 0.0567 e. The van der Waals surface area contributed by atoms with Crippen LogP contribution in [0.25, 0.3) is 0 Å². The summed E-state index contributed by atoms with van der Waals surface area (Å²) in [6.07, 6.45) is 6.81. The van der Waals surface area contributed by atoms with Crippen LogP contribution in [0.15, 0.2) is 12.1 Å². The third kappa shape index (κ3) is 2.21. The van der Waals surface area contributed by atoms with E-state index >= 15 is 0 Å². The van der Waals surface area contributed by atoms with E-state index in [4.69, 9.17) is 4.98 Å². The van der Waals surface area contributed by atoms with Crippen LogP contribution >= 0.6 is 0 Å². The van der Waals surface area contributed by atoms with Gasteiger partial charge in [-0.3, -0.25) is 4.98 Å². The average molecular weight is 300 g/mol. The molecule has 22 heavy (non-hydrogen) atoms. The lowest BCUT2D eigenvalue weighted by Crippen LogP contribution is -2.60. The lowest BCUT2D eigenvalue weighted by Gasteiger charge is -2.57. The van der Waals surface area contributed by atoms with Gasteiger partial charge in [0.15, 0.2) is 0 Å². The normalized spacial score (nSPS) is 38.0. The van der Waals surface area contributed by atoms with Gasteiger partial charge < -0.3 is 10.4 Å². The number of hydrogen-bond donors (Lipinski definition) is 2. The molecule has 3 aliphatic rings. The Morgan fingerprint density at radius 2 is 2.32 bits per heavy atom. The van der Waals surface area contributed by atoms with Crippen molar-refractivity contribution in [2.75, 3.05) is 6.54 Å². The van der Waals surface area contributed by atoms with E-state index in [1.807, 2.05) is 6.92 Å². The third-order valence-electron chi connectivity index (χ3n) is 6.18. The van der Waals surface area contributed by atoms with E-state index in [0.717, 1.165) is 36.4 Å². The van der Waals surface area contributed by atoms with Gasteiger partial charge in [0.1, 0.15) is 0 Å². The number of piperidine rings is 1. The minimum absolute atomic E-state index is 0.185. The number of aliphatic hydroxyl groups is 1. The topological polar surface area (TPSA) is 45.2 Å². The Morgan fingerprint density at radius 1 is 1.45 bits per heavy atom. The number of nitrogens with zero attached hydrogens (tertiary/aromatic N) is 1. The van der Waals surface area contributed by atoms with Crippen molar-refractivity contribution in [3.8, 4) is 0 Å². The molecular formula is C19H28N2O. The fourth-order valence-corrected chi connectivity index (χ4v) is 5.59. The van der Waals surface area contributed by atoms with Crippen LogP contribution in [0.4, 0.5) is 0 Å². The fraction of sp³-hybridized carbons (Fsp3) is 0.737. The number of aromatic nitrogens is 1. The number of aliphatic hydroxyl groups excluding tert-OH is 1. The van der Waals surface area contributed by atoms with Crippen LogP contribution < -0.4 is 5.32 Å². The second-order valence-corrected chi connectivity index (χ2v) is 8.01. The van der Waals surface area contributed by atoms with Crippen LogP contribution in [0.5, 0.6) is 0 Å². The highest BCUT2D eigenvalue weighted by atomic mass is 16.3. The molecule has 120 valence electrons. The van der Waals surface area contributed by atoms with Crippen molar-refractivity contribution >= 4 is 0 Å². The highest BCUT2D eigenvalue weighted by molar-refractivity contribution is 5.37. The largest absolute Gasteiger partial charge is 0.393 e. The molecule has 0 unspecified atom stereocenters. The maximum atomic E-state index is 9.64. The van der Waals surface area contributed by atoms with Gasteiger partial charge in [0.2, 0.25) is 0 Å². The Balaban J connectivity index is 1.77. The van der Waals surface area contributed by atoms with Crippen molar-refractivity contribution in [2.45, 2.75) is 64.0 Å². The molecule has 5 atom stereocenters. The van der Waals surface area contributed by atoms with Gasteiger partial charge >= 0.3 is 0 Å². The zero-order chi connectivity index (χ0) is 15.3. The third-order valence-corrected chi connectivity index (χ3v) is 6.18. The lowest BCUT2D eigenvalue weighted by molar-refractivity contribution is 0.00795. The van der Waals surface area contributed by atoms with E-state index in [-0.39, 0.29) is 11.6 Å². The maximum absolute atomic E-state index is 9.64. The SMILES string of the molecule is C[C@@H]1C[C@H]2Cc3nc(C[C@H](C)O)ccc3[C@]3(C1)NCCC[C@H]23. The standard InChI is InChI=1S/C19H28N2O/c1-12-8-14-10-18-17(6-5-15(21-18)9-13(2)22)19(11-12)16(14)4-3-7-20-19/h5-6,12-14,16,20,22H,3-4,7-11H2,1-2H3/t12-,13+,14+,16-,19-/m1/s1. The van der Waals surface area contributed by atoms with Gasteiger partial charge in [-0.2, -0.15) is 0 Å². The maximum Gasteiger partial charge on any atom is 0.0567 e. The van der Waals surface area contributed by atoms with Crippen LogP contribution in [-0.4, -0.2) is 22.7 Å². The Bertz CT molecular complexity index is 571. The molecule has 1 aliphatic heterocycles. The summed E-state index contributed by atoms with van der Waals surface area (Å²) in [4.78, 5) is 4.95. The monoisotopic (exact) mass is 300 g/mol. The highest BCUT2D eigenvalue weighted by Gasteiger charge is 2.53. The second-order valence-electron chi connectivity index (χ2n) is 8.01. The minimum atomic E-state index is -0.313. The van der Waals surface area contributed by atoms with Gasteiger partial charge in [-0.1, -0.05) is 13.0 Å². The molecule has 2 bridgehead atoms. The first-order valence-electron chi connectivity index (χ1n) is 9.01. The first kappa shape index (κ1) is 14.6. The molecule has 3 nitrogen and oxygen atoms in total. The zero-order valence-electron chi connectivity index (χ0n) is 13.8. The summed E-state index contributed by atoms with van der Waals surface area (Å²) >= 11 is 0. The number of hydrogen-bond acceptors (Lipinski definition) is 3. The number of rotatable bonds is 2. The molecular weight excluding hydrogens is 272 g/mol. The summed E-state index contributed by atoms with van der Waals surface area (Å²) in [6, 6.07) is 4.47. The molecule has 0 radical (unpaired) electrons. The Hall–Kier alpha value is -0.930. The highest BCUT2D eigenvalue weighted by Crippen LogP contribution is 2.55. The minimum Gasteiger partial charge on any atom is -0.393 e. The van der Waals surface area contributed by atoms with E-state index in [9.17, 15) is 5.11 Å². The average Bonchev–Trinajstić information content (AvgIpc) is 2.45. The van der Waals surface area contributed by atoms with Crippen molar-refractivity contribution in [2.24, 2.45) is 17.8 Å². The van der Waals surface area contributed by atoms with Gasteiger partial charge in [-0.05, 0) is 75.0 Å². The Kier molecular flexibility index (Phi) is 3.54. The fourth-order valence-electron chi connectivity index (χ4n) is 5.59. The molecule has 1 aromatic heterocycles. The first-order chi connectivity index (χ1) is 10.6. The van der Waals surface area contributed by atoms with E-state index < -0.39 is 0 Å². The van der Waals surface area contributed by atoms with E-state index in [1.165, 1.54) is 36.9 Å². The van der Waals surface area contributed by atoms with E-state index in [1.54, 1.807) is 0 Å². The zero-order valence-corrected chi connectivity index (χ0v) is 13.8. The lowest BCUT2D eigenvalue weighted by atomic mass is 9.54. The second kappa shape index (κ2) is 5.31. The van der Waals surface area contributed by atoms with Crippen LogP contribution in [-0.2, 0) is 18.4 Å². The summed E-state index contributed by atoms with van der Waals surface area (Å²) in [7, 11) is 0. The Labute approximate surface area is 133 Å². The molecule has 2 N–H and O–H groups in total. The van der Waals surface area contributed by atoms with Crippen molar-refractivity contribution in [3.63, 3.8) is 0 Å². The number of nitrogens with one attached hydrogen (secondary N) is 1. The molecule has 0 spiro atoms. The molecule has 1 aromatic rings. The number of fused-ring (bicyclic) bond motifs is 1. The Morgan fingerprint density at radius 3 is 3.14 bits per heavy atom. The van der Waals surface area contributed by atoms with Gasteiger partial charge in [0.25, 0.3) is 0 Å². The summed E-state index contributed by atoms with van der Waals surface area (Å²) in [6.45, 7) is 5.40. The molecule has 3 heteroatoms. The molecule has 2 fully saturated rings. The van der Waals surface area contributed by atoms with Crippen molar-refractivity contribution in [1.29, 1.82) is 0 Å². The molecule has 1 saturated carbocycles. The van der Waals surface area contributed by atoms with Crippen LogP contribution in [0.1, 0.15) is 56.5 Å². The first-order valence-corrected chi connectivity index (χ1v) is 9.01. The predicted molar refractivity (Wildman–Crippen MR) is 87.6 cm³/mol. The van der Waals surface area contributed by atoms with Gasteiger partial charge in [-0.15, -0.1) is 0 Å². The van der Waals surface area contributed by atoms with Gasteiger partial charge in [-0.25, -0.2) is 0 Å². The summed E-state index contributed by atoms with van der Waals surface area (Å²) < 4.78 is 0. The molecule has 2 heterocycles. The molecule has 0 aromatic carbocycles. The van der Waals surface area contributed by atoms with Crippen LogP contribution in [0, 0.1) is 17.8 Å². The van der Waals surface area contributed by atoms with Crippen LogP contribution in [0.2, 0.25) is 0 Å². The molecule has 2 aliphatic carbocycles. The summed E-state index contributed by atoms with van der Waals surface area (Å²) in [5.74, 6) is 2.39. The van der Waals surface area contributed by atoms with Crippen molar-refractivity contribution in [1.82, 2.24) is 10.3 Å².